The highest BCUT2D eigenvalue weighted by molar-refractivity contribution is 6.08. The zero-order chi connectivity index (χ0) is 18.4. The van der Waals surface area contributed by atoms with Gasteiger partial charge in [0.25, 0.3) is 11.8 Å². The number of para-hydroxylation sites is 1. The number of hydrogen-bond donors (Lipinski definition) is 2. The number of benzene rings is 2. The van der Waals surface area contributed by atoms with Crippen LogP contribution in [0.15, 0.2) is 65.2 Å². The van der Waals surface area contributed by atoms with Gasteiger partial charge in [-0.15, -0.1) is 6.42 Å². The highest BCUT2D eigenvalue weighted by Gasteiger charge is 2.17. The molecule has 3 rings (SSSR count). The molecule has 6 nitrogen and oxygen atoms in total. The lowest BCUT2D eigenvalue weighted by Gasteiger charge is -2.09. The SMILES string of the molecule is C#CCNC(=O)c1ccccc1NC(=O)c1cc(-c2ccccc2)on1. The maximum Gasteiger partial charge on any atom is 0.277 e. The molecule has 0 aliphatic carbocycles. The molecule has 2 aromatic carbocycles. The number of amides is 2. The fraction of sp³-hybridized carbons (Fsp3) is 0.0500. The molecular weight excluding hydrogens is 330 g/mol. The molecule has 0 aliphatic rings. The van der Waals surface area contributed by atoms with Crippen LogP contribution in [0.3, 0.4) is 0 Å². The minimum Gasteiger partial charge on any atom is -0.355 e. The van der Waals surface area contributed by atoms with Crippen LogP contribution in [0.1, 0.15) is 20.8 Å². The minimum atomic E-state index is -0.479. The van der Waals surface area contributed by atoms with Gasteiger partial charge in [0.15, 0.2) is 11.5 Å². The van der Waals surface area contributed by atoms with Gasteiger partial charge >= 0.3 is 0 Å². The third-order valence-electron chi connectivity index (χ3n) is 3.57. The van der Waals surface area contributed by atoms with Crippen LogP contribution in [-0.4, -0.2) is 23.5 Å². The van der Waals surface area contributed by atoms with Crippen LogP contribution in [0, 0.1) is 12.3 Å². The Morgan fingerprint density at radius 1 is 1.04 bits per heavy atom. The van der Waals surface area contributed by atoms with E-state index in [1.165, 1.54) is 0 Å². The van der Waals surface area contributed by atoms with Crippen molar-refractivity contribution in [2.24, 2.45) is 0 Å². The van der Waals surface area contributed by atoms with Crippen molar-refractivity contribution >= 4 is 17.5 Å². The van der Waals surface area contributed by atoms with Crippen LogP contribution < -0.4 is 10.6 Å². The van der Waals surface area contributed by atoms with Gasteiger partial charge in [-0.05, 0) is 12.1 Å². The average molecular weight is 345 g/mol. The Kier molecular flexibility index (Phi) is 5.11. The van der Waals surface area contributed by atoms with Gasteiger partial charge in [-0.1, -0.05) is 53.5 Å². The molecule has 0 atom stereocenters. The van der Waals surface area contributed by atoms with Crippen LogP contribution >= 0.6 is 0 Å². The molecule has 1 heterocycles. The van der Waals surface area contributed by atoms with Gasteiger partial charge in [-0.2, -0.15) is 0 Å². The van der Waals surface area contributed by atoms with E-state index in [9.17, 15) is 9.59 Å². The predicted octanol–water partition coefficient (Wildman–Crippen LogP) is 2.96. The summed E-state index contributed by atoms with van der Waals surface area (Å²) in [6.45, 7) is 0.102. The van der Waals surface area contributed by atoms with Crippen LogP contribution in [0.25, 0.3) is 11.3 Å². The van der Waals surface area contributed by atoms with Crippen molar-refractivity contribution in [3.8, 4) is 23.7 Å². The third-order valence-corrected chi connectivity index (χ3v) is 3.57. The molecule has 128 valence electrons. The topological polar surface area (TPSA) is 84.2 Å². The molecular formula is C20H15N3O3. The van der Waals surface area contributed by atoms with Gasteiger partial charge in [0.2, 0.25) is 0 Å². The van der Waals surface area contributed by atoms with Gasteiger partial charge in [0.1, 0.15) is 0 Å². The molecule has 0 bridgehead atoms. The van der Waals surface area contributed by atoms with Gasteiger partial charge in [-0.25, -0.2) is 0 Å². The normalized spacial score (nSPS) is 9.96. The molecule has 2 amide bonds. The minimum absolute atomic E-state index is 0.102. The van der Waals surface area contributed by atoms with Crippen LogP contribution in [0.2, 0.25) is 0 Å². The monoisotopic (exact) mass is 345 g/mol. The summed E-state index contributed by atoms with van der Waals surface area (Å²) >= 11 is 0. The Morgan fingerprint density at radius 3 is 2.54 bits per heavy atom. The first kappa shape index (κ1) is 17.0. The van der Waals surface area contributed by atoms with Crippen molar-refractivity contribution in [2.45, 2.75) is 0 Å². The summed E-state index contributed by atoms with van der Waals surface area (Å²) in [7, 11) is 0. The Hall–Kier alpha value is -3.85. The number of carbonyl (C=O) groups excluding carboxylic acids is 2. The quantitative estimate of drug-likeness (QED) is 0.696. The number of rotatable bonds is 5. The Bertz CT molecular complexity index is 971. The van der Waals surface area contributed by atoms with E-state index in [-0.39, 0.29) is 18.1 Å². The number of nitrogens with one attached hydrogen (secondary N) is 2. The molecule has 6 heteroatoms. The lowest BCUT2D eigenvalue weighted by molar-refractivity contribution is 0.0959. The fourth-order valence-corrected chi connectivity index (χ4v) is 2.32. The highest BCUT2D eigenvalue weighted by atomic mass is 16.5. The molecule has 0 saturated carbocycles. The first-order valence-corrected chi connectivity index (χ1v) is 7.83. The zero-order valence-corrected chi connectivity index (χ0v) is 13.7. The van der Waals surface area contributed by atoms with Crippen LogP contribution in [0.5, 0.6) is 0 Å². The second-order valence-corrected chi connectivity index (χ2v) is 5.33. The second kappa shape index (κ2) is 7.81. The summed E-state index contributed by atoms with van der Waals surface area (Å²) in [6.07, 6.45) is 5.15. The summed E-state index contributed by atoms with van der Waals surface area (Å²) in [6, 6.07) is 17.5. The largest absolute Gasteiger partial charge is 0.355 e. The van der Waals surface area contributed by atoms with E-state index in [2.05, 4.69) is 21.7 Å². The van der Waals surface area contributed by atoms with Gasteiger partial charge in [-0.3, -0.25) is 9.59 Å². The molecule has 0 saturated heterocycles. The Labute approximate surface area is 150 Å². The van der Waals surface area contributed by atoms with E-state index in [0.29, 0.717) is 17.0 Å². The number of aromatic nitrogens is 1. The third kappa shape index (κ3) is 3.79. The number of carbonyl (C=O) groups is 2. The van der Waals surface area contributed by atoms with Crippen LogP contribution in [-0.2, 0) is 0 Å². The average Bonchev–Trinajstić information content (AvgIpc) is 3.17. The molecule has 2 N–H and O–H groups in total. The van der Waals surface area contributed by atoms with Crippen molar-refractivity contribution in [3.63, 3.8) is 0 Å². The number of hydrogen-bond acceptors (Lipinski definition) is 4. The fourth-order valence-electron chi connectivity index (χ4n) is 2.32. The first-order valence-electron chi connectivity index (χ1n) is 7.83. The summed E-state index contributed by atoms with van der Waals surface area (Å²) in [4.78, 5) is 24.6. The van der Waals surface area contributed by atoms with E-state index in [4.69, 9.17) is 10.9 Å². The van der Waals surface area contributed by atoms with Gasteiger partial charge < -0.3 is 15.2 Å². The summed E-state index contributed by atoms with van der Waals surface area (Å²) in [5.41, 5.74) is 1.59. The summed E-state index contributed by atoms with van der Waals surface area (Å²) in [5.74, 6) is 1.96. The van der Waals surface area contributed by atoms with E-state index in [1.54, 1.807) is 30.3 Å². The second-order valence-electron chi connectivity index (χ2n) is 5.33. The lowest BCUT2D eigenvalue weighted by Crippen LogP contribution is -2.25. The zero-order valence-electron chi connectivity index (χ0n) is 13.7. The number of anilines is 1. The number of nitrogens with zero attached hydrogens (tertiary/aromatic N) is 1. The predicted molar refractivity (Wildman–Crippen MR) is 97.5 cm³/mol. The molecule has 1 aromatic heterocycles. The summed E-state index contributed by atoms with van der Waals surface area (Å²) in [5, 5.41) is 9.04. The van der Waals surface area contributed by atoms with Crippen molar-refractivity contribution in [3.05, 3.63) is 71.9 Å². The molecule has 0 fully saturated rings. The lowest BCUT2D eigenvalue weighted by atomic mass is 10.1. The van der Waals surface area contributed by atoms with Gasteiger partial charge in [0.05, 0.1) is 17.8 Å². The van der Waals surface area contributed by atoms with E-state index in [0.717, 1.165) is 5.56 Å². The summed E-state index contributed by atoms with van der Waals surface area (Å²) < 4.78 is 5.23. The van der Waals surface area contributed by atoms with Gasteiger partial charge in [0, 0.05) is 11.6 Å². The molecule has 0 aliphatic heterocycles. The molecule has 0 unspecified atom stereocenters. The Morgan fingerprint density at radius 2 is 1.77 bits per heavy atom. The maximum absolute atomic E-state index is 12.4. The van der Waals surface area contributed by atoms with E-state index in [1.807, 2.05) is 30.3 Å². The molecule has 26 heavy (non-hydrogen) atoms. The standard InChI is InChI=1S/C20H15N3O3/c1-2-12-21-19(24)15-10-6-7-11-16(15)22-20(25)17-13-18(26-23-17)14-8-4-3-5-9-14/h1,3-11,13H,12H2,(H,21,24)(H,22,25). The number of terminal acetylenes is 1. The first-order chi connectivity index (χ1) is 12.7. The van der Waals surface area contributed by atoms with Crippen molar-refractivity contribution in [2.75, 3.05) is 11.9 Å². The maximum atomic E-state index is 12.4. The molecule has 0 spiro atoms. The van der Waals surface area contributed by atoms with Crippen molar-refractivity contribution in [1.29, 1.82) is 0 Å². The molecule has 0 radical (unpaired) electrons. The van der Waals surface area contributed by atoms with Crippen molar-refractivity contribution < 1.29 is 14.1 Å². The molecule has 3 aromatic rings. The Balaban J connectivity index is 1.78. The van der Waals surface area contributed by atoms with E-state index >= 15 is 0 Å². The van der Waals surface area contributed by atoms with E-state index < -0.39 is 5.91 Å². The van der Waals surface area contributed by atoms with Crippen molar-refractivity contribution in [1.82, 2.24) is 10.5 Å². The van der Waals surface area contributed by atoms with Crippen LogP contribution in [0.4, 0.5) is 5.69 Å². The smallest absolute Gasteiger partial charge is 0.277 e. The highest BCUT2D eigenvalue weighted by Crippen LogP contribution is 2.21.